The van der Waals surface area contributed by atoms with Crippen LogP contribution >= 0.6 is 11.3 Å². The Labute approximate surface area is 144 Å². The fourth-order valence-corrected chi connectivity index (χ4v) is 3.47. The van der Waals surface area contributed by atoms with Gasteiger partial charge in [-0.2, -0.15) is 0 Å². The molecule has 1 rings (SSSR count). The van der Waals surface area contributed by atoms with Crippen LogP contribution in [0.25, 0.3) is 0 Å². The second kappa shape index (κ2) is 10.5. The normalized spacial score (nSPS) is 11.2. The predicted octanol–water partition coefficient (Wildman–Crippen LogP) is 0.614. The van der Waals surface area contributed by atoms with Crippen molar-refractivity contribution in [1.29, 1.82) is 0 Å². The maximum atomic E-state index is 12.0. The fraction of sp³-hybridized carbons (Fsp3) is 0.750. The zero-order valence-corrected chi connectivity index (χ0v) is 16.2. The minimum Gasteiger partial charge on any atom is -1.00 e. The maximum absolute atomic E-state index is 12.0. The first-order chi connectivity index (χ1) is 9.56. The van der Waals surface area contributed by atoms with Crippen LogP contribution in [0.4, 0.5) is 0 Å². The van der Waals surface area contributed by atoms with E-state index in [4.69, 9.17) is 0 Å². The highest BCUT2D eigenvalue weighted by Gasteiger charge is 2.21. The fourth-order valence-electron chi connectivity index (χ4n) is 2.64. The number of carbonyl (C=O) groups excluding carboxylic acids is 1. The van der Waals surface area contributed by atoms with Crippen LogP contribution in [0.5, 0.6) is 0 Å². The van der Waals surface area contributed by atoms with Crippen molar-refractivity contribution in [2.45, 2.75) is 53.4 Å². The highest BCUT2D eigenvalue weighted by atomic mass is 79.9. The molecule has 0 unspecified atom stereocenters. The van der Waals surface area contributed by atoms with Crippen molar-refractivity contribution in [3.05, 3.63) is 16.1 Å². The summed E-state index contributed by atoms with van der Waals surface area (Å²) < 4.78 is 1.07. The van der Waals surface area contributed by atoms with Crippen molar-refractivity contribution in [2.24, 2.45) is 0 Å². The number of halogens is 1. The summed E-state index contributed by atoms with van der Waals surface area (Å²) >= 11 is 1.70. The number of thiazole rings is 1. The molecule has 21 heavy (non-hydrogen) atoms. The number of hydrogen-bond donors (Lipinski definition) is 0. The van der Waals surface area contributed by atoms with Crippen LogP contribution in [0.3, 0.4) is 0 Å². The molecule has 122 valence electrons. The number of ketones is 1. The lowest BCUT2D eigenvalue weighted by molar-refractivity contribution is -0.922. The Balaban J connectivity index is 0.00000400. The molecular formula is C16H29BrN2OS. The summed E-state index contributed by atoms with van der Waals surface area (Å²) in [6.07, 6.45) is 3.41. The van der Waals surface area contributed by atoms with E-state index in [1.54, 1.807) is 11.3 Å². The maximum Gasteiger partial charge on any atom is 0.138 e. The first-order valence-corrected chi connectivity index (χ1v) is 8.70. The van der Waals surface area contributed by atoms with Crippen LogP contribution in [0.15, 0.2) is 5.51 Å². The van der Waals surface area contributed by atoms with Crippen molar-refractivity contribution in [3.63, 3.8) is 0 Å². The first-order valence-electron chi connectivity index (χ1n) is 7.82. The topological polar surface area (TPSA) is 30.0 Å². The highest BCUT2D eigenvalue weighted by Crippen LogP contribution is 2.16. The molecule has 0 aliphatic heterocycles. The highest BCUT2D eigenvalue weighted by molar-refractivity contribution is 7.09. The van der Waals surface area contributed by atoms with Gasteiger partial charge in [0, 0.05) is 11.3 Å². The molecule has 1 heterocycles. The molecule has 0 aliphatic carbocycles. The van der Waals surface area contributed by atoms with Gasteiger partial charge in [-0.3, -0.25) is 4.79 Å². The number of nitrogens with zero attached hydrogens (tertiary/aromatic N) is 2. The van der Waals surface area contributed by atoms with Gasteiger partial charge in [-0.1, -0.05) is 0 Å². The average Bonchev–Trinajstić information content (AvgIpc) is 2.87. The third kappa shape index (κ3) is 6.57. The van der Waals surface area contributed by atoms with E-state index in [1.807, 2.05) is 12.4 Å². The van der Waals surface area contributed by atoms with Crippen molar-refractivity contribution in [2.75, 3.05) is 26.2 Å². The third-order valence-electron chi connectivity index (χ3n) is 4.58. The standard InChI is InChI=1S/C16H29N2OS.BrH/c1-5-18(6-2,7-3)12-11-15(19)9-8-10-16-14(4)17-13-20-16;/h13H,5-12H2,1-4H3;1H/q+1;/p-1. The van der Waals surface area contributed by atoms with Crippen molar-refractivity contribution < 1.29 is 26.3 Å². The van der Waals surface area contributed by atoms with Gasteiger partial charge in [0.05, 0.1) is 43.8 Å². The third-order valence-corrected chi connectivity index (χ3v) is 5.58. The lowest BCUT2D eigenvalue weighted by Crippen LogP contribution is -3.00. The molecule has 0 saturated carbocycles. The van der Waals surface area contributed by atoms with Gasteiger partial charge in [-0.25, -0.2) is 4.98 Å². The number of carbonyl (C=O) groups is 1. The molecule has 0 N–H and O–H groups in total. The van der Waals surface area contributed by atoms with Gasteiger partial charge in [0.2, 0.25) is 0 Å². The molecule has 0 radical (unpaired) electrons. The molecule has 0 saturated heterocycles. The molecule has 1 aromatic heterocycles. The second-order valence-corrected chi connectivity index (χ2v) is 6.46. The van der Waals surface area contributed by atoms with Gasteiger partial charge in [0.15, 0.2) is 0 Å². The molecule has 0 bridgehead atoms. The van der Waals surface area contributed by atoms with Crippen molar-refractivity contribution >= 4 is 17.1 Å². The van der Waals surface area contributed by atoms with Gasteiger partial charge in [0.25, 0.3) is 0 Å². The summed E-state index contributed by atoms with van der Waals surface area (Å²) in [5.41, 5.74) is 3.02. The summed E-state index contributed by atoms with van der Waals surface area (Å²) in [5.74, 6) is 0.421. The molecule has 5 heteroatoms. The molecule has 0 aliphatic rings. The SMILES string of the molecule is CC[N+](CC)(CC)CCC(=O)CCCc1scnc1C.[Br-]. The molecule has 0 fully saturated rings. The van der Waals surface area contributed by atoms with Crippen molar-refractivity contribution in [1.82, 2.24) is 4.98 Å². The smallest absolute Gasteiger partial charge is 0.138 e. The quantitative estimate of drug-likeness (QED) is 0.560. The Kier molecular flexibility index (Phi) is 10.3. The Bertz CT molecular complexity index is 408. The van der Waals surface area contributed by atoms with Crippen LogP contribution in [0.2, 0.25) is 0 Å². The van der Waals surface area contributed by atoms with Crippen molar-refractivity contribution in [3.8, 4) is 0 Å². The number of hydrogen-bond acceptors (Lipinski definition) is 3. The van der Waals surface area contributed by atoms with Gasteiger partial charge < -0.3 is 21.5 Å². The number of rotatable bonds is 10. The van der Waals surface area contributed by atoms with Gasteiger partial charge in [0.1, 0.15) is 5.78 Å². The van der Waals surface area contributed by atoms with E-state index in [0.717, 1.165) is 55.6 Å². The van der Waals surface area contributed by atoms with E-state index in [9.17, 15) is 4.79 Å². The zero-order chi connectivity index (χ0) is 15.0. The summed E-state index contributed by atoms with van der Waals surface area (Å²) in [6, 6.07) is 0. The minimum atomic E-state index is 0. The molecular weight excluding hydrogens is 348 g/mol. The summed E-state index contributed by atoms with van der Waals surface area (Å²) in [4.78, 5) is 17.6. The minimum absolute atomic E-state index is 0. The van der Waals surface area contributed by atoms with E-state index < -0.39 is 0 Å². The van der Waals surface area contributed by atoms with Crippen LogP contribution in [0, 0.1) is 6.92 Å². The number of Topliss-reactive ketones (excluding diaryl/α,β-unsaturated/α-hetero) is 1. The van der Waals surface area contributed by atoms with Crippen LogP contribution in [0.1, 0.15) is 50.6 Å². The Morgan fingerprint density at radius 3 is 2.29 bits per heavy atom. The van der Waals surface area contributed by atoms with E-state index in [-0.39, 0.29) is 17.0 Å². The average molecular weight is 377 g/mol. The number of quaternary nitrogens is 1. The monoisotopic (exact) mass is 376 g/mol. The van der Waals surface area contributed by atoms with E-state index in [1.165, 1.54) is 4.88 Å². The summed E-state index contributed by atoms with van der Waals surface area (Å²) in [6.45, 7) is 13.1. The van der Waals surface area contributed by atoms with Gasteiger partial charge in [-0.15, -0.1) is 11.3 Å². The van der Waals surface area contributed by atoms with E-state index in [2.05, 4.69) is 25.8 Å². The molecule has 0 spiro atoms. The number of aromatic nitrogens is 1. The number of aryl methyl sites for hydroxylation is 2. The second-order valence-electron chi connectivity index (χ2n) is 5.52. The Morgan fingerprint density at radius 2 is 1.81 bits per heavy atom. The van der Waals surface area contributed by atoms with E-state index >= 15 is 0 Å². The van der Waals surface area contributed by atoms with E-state index in [0.29, 0.717) is 12.2 Å². The predicted molar refractivity (Wildman–Crippen MR) is 86.2 cm³/mol. The molecule has 0 aromatic carbocycles. The Morgan fingerprint density at radius 1 is 1.19 bits per heavy atom. The summed E-state index contributed by atoms with van der Waals surface area (Å²) in [7, 11) is 0. The van der Waals surface area contributed by atoms with Gasteiger partial charge in [-0.05, 0) is 40.5 Å². The Hall–Kier alpha value is -0.260. The lowest BCUT2D eigenvalue weighted by Gasteiger charge is -2.35. The molecule has 1 aromatic rings. The molecule has 3 nitrogen and oxygen atoms in total. The van der Waals surface area contributed by atoms with Crippen LogP contribution in [-0.4, -0.2) is 41.4 Å². The van der Waals surface area contributed by atoms with Crippen LogP contribution < -0.4 is 17.0 Å². The van der Waals surface area contributed by atoms with Gasteiger partial charge >= 0.3 is 0 Å². The zero-order valence-electron chi connectivity index (χ0n) is 13.8. The summed E-state index contributed by atoms with van der Waals surface area (Å²) in [5, 5.41) is 0. The molecule has 0 amide bonds. The molecule has 0 atom stereocenters. The lowest BCUT2D eigenvalue weighted by atomic mass is 10.1. The largest absolute Gasteiger partial charge is 1.00 e. The van der Waals surface area contributed by atoms with Crippen LogP contribution in [-0.2, 0) is 11.2 Å². The first kappa shape index (κ1) is 20.7.